The van der Waals surface area contributed by atoms with Crippen LogP contribution in [0.3, 0.4) is 0 Å². The van der Waals surface area contributed by atoms with Crippen molar-refractivity contribution in [1.29, 1.82) is 0 Å². The fourth-order valence-electron chi connectivity index (χ4n) is 1.81. The maximum absolute atomic E-state index is 12.0. The van der Waals surface area contributed by atoms with Crippen molar-refractivity contribution < 1.29 is 9.59 Å². The van der Waals surface area contributed by atoms with E-state index in [0.29, 0.717) is 11.4 Å². The highest BCUT2D eigenvalue weighted by Crippen LogP contribution is 2.32. The number of thioether (sulfide) groups is 1. The van der Waals surface area contributed by atoms with E-state index in [9.17, 15) is 9.59 Å². The topological polar surface area (TPSA) is 37.4 Å². The number of imide groups is 1. The van der Waals surface area contributed by atoms with Crippen molar-refractivity contribution in [2.45, 2.75) is 20.3 Å². The molecule has 1 saturated heterocycles. The first-order valence-electron chi connectivity index (χ1n) is 5.94. The summed E-state index contributed by atoms with van der Waals surface area (Å²) in [5, 5.41) is -0.165. The Hall–Kier alpha value is -1.55. The number of carbonyl (C=O) groups is 2. The van der Waals surface area contributed by atoms with Gasteiger partial charge in [0.15, 0.2) is 0 Å². The smallest absolute Gasteiger partial charge is 0.268 e. The van der Waals surface area contributed by atoms with Crippen LogP contribution in [0.1, 0.15) is 24.5 Å². The first kappa shape index (κ1) is 12.9. The lowest BCUT2D eigenvalue weighted by atomic mass is 10.1. The summed E-state index contributed by atoms with van der Waals surface area (Å²) in [4.78, 5) is 25.6. The minimum atomic E-state index is -0.171. The Morgan fingerprint density at radius 2 is 2.00 bits per heavy atom. The Morgan fingerprint density at radius 1 is 1.28 bits per heavy atom. The first-order chi connectivity index (χ1) is 8.63. The van der Waals surface area contributed by atoms with Gasteiger partial charge in [-0.15, -0.1) is 0 Å². The molecule has 0 bridgehead atoms. The van der Waals surface area contributed by atoms with Crippen LogP contribution in [0.15, 0.2) is 29.2 Å². The number of hydrogen-bond donors (Lipinski definition) is 0. The minimum Gasteiger partial charge on any atom is -0.268 e. The van der Waals surface area contributed by atoms with Crippen LogP contribution in [-0.4, -0.2) is 22.6 Å². The van der Waals surface area contributed by atoms with Crippen LogP contribution in [0.2, 0.25) is 0 Å². The highest BCUT2D eigenvalue weighted by molar-refractivity contribution is 8.18. The fraction of sp³-hybridized carbons (Fsp3) is 0.286. The first-order valence-corrected chi connectivity index (χ1v) is 6.76. The summed E-state index contributed by atoms with van der Waals surface area (Å²) in [6.07, 6.45) is 2.59. The van der Waals surface area contributed by atoms with E-state index in [1.54, 1.807) is 6.08 Å². The van der Waals surface area contributed by atoms with Gasteiger partial charge < -0.3 is 0 Å². The van der Waals surface area contributed by atoms with E-state index < -0.39 is 0 Å². The van der Waals surface area contributed by atoms with Crippen molar-refractivity contribution in [1.82, 2.24) is 4.90 Å². The molecule has 1 heterocycles. The predicted octanol–water partition coefficient (Wildman–Crippen LogP) is 3.44. The Morgan fingerprint density at radius 3 is 2.67 bits per heavy atom. The molecule has 0 radical (unpaired) electrons. The van der Waals surface area contributed by atoms with E-state index in [1.165, 1.54) is 4.90 Å². The minimum absolute atomic E-state index is 0.165. The Bertz CT molecular complexity index is 522. The van der Waals surface area contributed by atoms with Crippen molar-refractivity contribution in [3.8, 4) is 0 Å². The van der Waals surface area contributed by atoms with Crippen LogP contribution >= 0.6 is 11.8 Å². The van der Waals surface area contributed by atoms with Crippen molar-refractivity contribution in [2.75, 3.05) is 6.54 Å². The molecule has 2 amide bonds. The van der Waals surface area contributed by atoms with E-state index in [4.69, 9.17) is 0 Å². The van der Waals surface area contributed by atoms with Gasteiger partial charge in [0, 0.05) is 6.54 Å². The molecule has 0 spiro atoms. The highest BCUT2D eigenvalue weighted by Gasteiger charge is 2.34. The van der Waals surface area contributed by atoms with Crippen LogP contribution < -0.4 is 0 Å². The maximum atomic E-state index is 12.0. The predicted molar refractivity (Wildman–Crippen MR) is 74.1 cm³/mol. The van der Waals surface area contributed by atoms with Gasteiger partial charge in [0.1, 0.15) is 0 Å². The Kier molecular flexibility index (Phi) is 3.87. The van der Waals surface area contributed by atoms with Gasteiger partial charge in [0.25, 0.3) is 11.1 Å². The number of nitrogens with zero attached hydrogens (tertiary/aromatic N) is 1. The second-order valence-corrected chi connectivity index (χ2v) is 5.18. The molecule has 0 N–H and O–H groups in total. The SMILES string of the molecule is CCCN1C(=O)S/C(=C/c2ccccc2C)C1=O. The molecule has 1 aromatic carbocycles. The fourth-order valence-corrected chi connectivity index (χ4v) is 2.66. The van der Waals surface area contributed by atoms with Gasteiger partial charge in [-0.25, -0.2) is 0 Å². The molecule has 3 nitrogen and oxygen atoms in total. The standard InChI is InChI=1S/C14H15NO2S/c1-3-8-15-13(16)12(18-14(15)17)9-11-7-5-4-6-10(11)2/h4-7,9H,3,8H2,1-2H3/b12-9+. The molecule has 0 saturated carbocycles. The van der Waals surface area contributed by atoms with Crippen LogP contribution in [0, 0.1) is 6.92 Å². The summed E-state index contributed by atoms with van der Waals surface area (Å²) in [5.41, 5.74) is 2.08. The molecular formula is C14H15NO2S. The lowest BCUT2D eigenvalue weighted by molar-refractivity contribution is -0.122. The number of rotatable bonds is 3. The number of hydrogen-bond acceptors (Lipinski definition) is 3. The van der Waals surface area contributed by atoms with E-state index in [2.05, 4.69) is 0 Å². The molecule has 0 aliphatic carbocycles. The Balaban J connectivity index is 2.28. The third kappa shape index (κ3) is 2.48. The monoisotopic (exact) mass is 261 g/mol. The lowest BCUT2D eigenvalue weighted by Crippen LogP contribution is -2.28. The third-order valence-corrected chi connectivity index (χ3v) is 3.70. The molecule has 0 atom stereocenters. The maximum Gasteiger partial charge on any atom is 0.293 e. The normalized spacial score (nSPS) is 17.9. The van der Waals surface area contributed by atoms with Gasteiger partial charge in [-0.1, -0.05) is 31.2 Å². The molecule has 1 aliphatic rings. The van der Waals surface area contributed by atoms with Gasteiger partial charge in [0.05, 0.1) is 4.91 Å². The molecule has 0 aromatic heterocycles. The second-order valence-electron chi connectivity index (χ2n) is 4.19. The van der Waals surface area contributed by atoms with Crippen LogP contribution in [-0.2, 0) is 4.79 Å². The van der Waals surface area contributed by atoms with E-state index in [1.807, 2.05) is 38.1 Å². The second kappa shape index (κ2) is 5.40. The van der Waals surface area contributed by atoms with Crippen LogP contribution in [0.4, 0.5) is 4.79 Å². The molecule has 1 fully saturated rings. The zero-order chi connectivity index (χ0) is 13.1. The molecule has 18 heavy (non-hydrogen) atoms. The zero-order valence-electron chi connectivity index (χ0n) is 10.5. The number of carbonyl (C=O) groups excluding carboxylic acids is 2. The summed E-state index contributed by atoms with van der Waals surface area (Å²) >= 11 is 1.02. The molecule has 4 heteroatoms. The number of aryl methyl sites for hydroxylation is 1. The summed E-state index contributed by atoms with van der Waals surface area (Å²) < 4.78 is 0. The molecule has 0 unspecified atom stereocenters. The van der Waals surface area contributed by atoms with Gasteiger partial charge in [-0.05, 0) is 42.3 Å². The van der Waals surface area contributed by atoms with Gasteiger partial charge in [-0.2, -0.15) is 0 Å². The van der Waals surface area contributed by atoms with E-state index in [-0.39, 0.29) is 11.1 Å². The summed E-state index contributed by atoms with van der Waals surface area (Å²) in [6.45, 7) is 4.44. The largest absolute Gasteiger partial charge is 0.293 e. The Labute approximate surface area is 111 Å². The average Bonchev–Trinajstić information content (AvgIpc) is 2.60. The zero-order valence-corrected chi connectivity index (χ0v) is 11.3. The average molecular weight is 261 g/mol. The van der Waals surface area contributed by atoms with Crippen molar-refractivity contribution in [3.63, 3.8) is 0 Å². The van der Waals surface area contributed by atoms with Crippen LogP contribution in [0.25, 0.3) is 6.08 Å². The van der Waals surface area contributed by atoms with Gasteiger partial charge in [0.2, 0.25) is 0 Å². The van der Waals surface area contributed by atoms with E-state index >= 15 is 0 Å². The van der Waals surface area contributed by atoms with Crippen molar-refractivity contribution in [2.24, 2.45) is 0 Å². The molecule has 1 aliphatic heterocycles. The van der Waals surface area contributed by atoms with Crippen molar-refractivity contribution in [3.05, 3.63) is 40.3 Å². The lowest BCUT2D eigenvalue weighted by Gasteiger charge is -2.09. The summed E-state index contributed by atoms with van der Waals surface area (Å²) in [7, 11) is 0. The number of amides is 2. The van der Waals surface area contributed by atoms with E-state index in [0.717, 1.165) is 29.3 Å². The van der Waals surface area contributed by atoms with Gasteiger partial charge in [-0.3, -0.25) is 14.5 Å². The molecule has 94 valence electrons. The molecular weight excluding hydrogens is 246 g/mol. The molecule has 1 aromatic rings. The number of benzene rings is 1. The third-order valence-electron chi connectivity index (χ3n) is 2.80. The summed E-state index contributed by atoms with van der Waals surface area (Å²) in [6, 6.07) is 7.82. The highest BCUT2D eigenvalue weighted by atomic mass is 32.2. The van der Waals surface area contributed by atoms with Gasteiger partial charge >= 0.3 is 0 Å². The quantitative estimate of drug-likeness (QED) is 0.782. The molecule has 2 rings (SSSR count). The van der Waals surface area contributed by atoms with Crippen LogP contribution in [0.5, 0.6) is 0 Å². The summed E-state index contributed by atoms with van der Waals surface area (Å²) in [5.74, 6) is -0.171. The van der Waals surface area contributed by atoms with Crippen molar-refractivity contribution >= 4 is 29.0 Å².